The maximum Gasteiger partial charge on any atom is 0.254 e. The summed E-state index contributed by atoms with van der Waals surface area (Å²) < 4.78 is 27.2. The van der Waals surface area contributed by atoms with Crippen LogP contribution in [-0.2, 0) is 14.8 Å². The molecule has 1 aromatic carbocycles. The number of piperidine rings is 1. The molecule has 1 fully saturated rings. The molecule has 0 spiro atoms. The summed E-state index contributed by atoms with van der Waals surface area (Å²) in [7, 11) is -3.77. The average Bonchev–Trinajstić information content (AvgIpc) is 3.10. The van der Waals surface area contributed by atoms with Gasteiger partial charge in [0.25, 0.3) is 10.0 Å². The van der Waals surface area contributed by atoms with Gasteiger partial charge in [-0.05, 0) is 25.0 Å². The third kappa shape index (κ3) is 4.55. The predicted octanol–water partition coefficient (Wildman–Crippen LogP) is 3.04. The van der Waals surface area contributed by atoms with Crippen molar-refractivity contribution in [3.05, 3.63) is 41.0 Å². The van der Waals surface area contributed by atoms with Crippen LogP contribution in [0.2, 0.25) is 5.02 Å². The SMILES string of the molecule is CC(=O)Nc1ncc(S(=O)(=O)N2CCCC(C(=O)c3cccc(Cl)c3)C2)s1. The van der Waals surface area contributed by atoms with Crippen LogP contribution in [0.15, 0.2) is 34.7 Å². The lowest BCUT2D eigenvalue weighted by Crippen LogP contribution is -2.42. The van der Waals surface area contributed by atoms with Crippen molar-refractivity contribution in [2.24, 2.45) is 5.92 Å². The lowest BCUT2D eigenvalue weighted by molar-refractivity contribution is -0.114. The summed E-state index contributed by atoms with van der Waals surface area (Å²) in [6.07, 6.45) is 2.44. The first-order chi connectivity index (χ1) is 12.8. The number of sulfonamides is 1. The van der Waals surface area contributed by atoms with E-state index in [1.54, 1.807) is 24.3 Å². The normalized spacial score (nSPS) is 18.2. The summed E-state index contributed by atoms with van der Waals surface area (Å²) in [6.45, 7) is 1.78. The Kier molecular flexibility index (Phi) is 5.95. The number of nitrogens with zero attached hydrogens (tertiary/aromatic N) is 2. The van der Waals surface area contributed by atoms with Crippen LogP contribution >= 0.6 is 22.9 Å². The van der Waals surface area contributed by atoms with Crippen molar-refractivity contribution in [2.45, 2.75) is 24.0 Å². The molecule has 1 atom stereocenters. The van der Waals surface area contributed by atoms with Crippen molar-refractivity contribution >= 4 is 49.8 Å². The van der Waals surface area contributed by atoms with Crippen LogP contribution in [0.1, 0.15) is 30.1 Å². The highest BCUT2D eigenvalue weighted by Crippen LogP contribution is 2.30. The number of nitrogens with one attached hydrogen (secondary N) is 1. The third-order valence-electron chi connectivity index (χ3n) is 4.23. The number of rotatable bonds is 5. The van der Waals surface area contributed by atoms with Gasteiger partial charge in [-0.15, -0.1) is 0 Å². The molecule has 0 aliphatic carbocycles. The molecule has 7 nitrogen and oxygen atoms in total. The maximum absolute atomic E-state index is 12.9. The lowest BCUT2D eigenvalue weighted by atomic mass is 9.91. The van der Waals surface area contributed by atoms with E-state index in [4.69, 9.17) is 11.6 Å². The summed E-state index contributed by atoms with van der Waals surface area (Å²) in [6, 6.07) is 6.67. The molecule has 27 heavy (non-hydrogen) atoms. The van der Waals surface area contributed by atoms with Crippen LogP contribution in [-0.4, -0.2) is 42.5 Å². The molecule has 2 heterocycles. The van der Waals surface area contributed by atoms with Crippen molar-refractivity contribution in [2.75, 3.05) is 18.4 Å². The molecule has 0 radical (unpaired) electrons. The standard InChI is InChI=1S/C17H18ClN3O4S2/c1-11(22)20-17-19-9-15(26-17)27(24,25)21-7-3-5-13(10-21)16(23)12-4-2-6-14(18)8-12/h2,4,6,8-9,13H,3,5,7,10H2,1H3,(H,19,20,22). The molecule has 1 amide bonds. The predicted molar refractivity (Wildman–Crippen MR) is 104 cm³/mol. The molecule has 1 N–H and O–H groups in total. The molecule has 1 saturated heterocycles. The van der Waals surface area contributed by atoms with Crippen molar-refractivity contribution in [1.82, 2.24) is 9.29 Å². The third-order valence-corrected chi connectivity index (χ3v) is 7.68. The minimum absolute atomic E-state index is 0.0436. The second-order valence-electron chi connectivity index (χ2n) is 6.24. The molecule has 0 saturated carbocycles. The summed E-state index contributed by atoms with van der Waals surface area (Å²) in [4.78, 5) is 27.8. The van der Waals surface area contributed by atoms with Gasteiger partial charge in [0, 0.05) is 36.5 Å². The van der Waals surface area contributed by atoms with Gasteiger partial charge in [0.2, 0.25) is 5.91 Å². The van der Waals surface area contributed by atoms with Crippen LogP contribution in [0.25, 0.3) is 0 Å². The molecule has 144 valence electrons. The quantitative estimate of drug-likeness (QED) is 0.740. The smallest absolute Gasteiger partial charge is 0.254 e. The zero-order valence-corrected chi connectivity index (χ0v) is 16.9. The van der Waals surface area contributed by atoms with Crippen LogP contribution in [0.5, 0.6) is 0 Å². The molecule has 1 aromatic heterocycles. The Balaban J connectivity index is 1.77. The molecular formula is C17H18ClN3O4S2. The number of hydrogen-bond acceptors (Lipinski definition) is 6. The Bertz CT molecular complexity index is 974. The molecule has 1 unspecified atom stereocenters. The summed E-state index contributed by atoms with van der Waals surface area (Å²) >= 11 is 6.85. The molecule has 0 bridgehead atoms. The topological polar surface area (TPSA) is 96.4 Å². The largest absolute Gasteiger partial charge is 0.302 e. The highest BCUT2D eigenvalue weighted by Gasteiger charge is 2.34. The van der Waals surface area contributed by atoms with E-state index in [9.17, 15) is 18.0 Å². The van der Waals surface area contributed by atoms with Crippen molar-refractivity contribution < 1.29 is 18.0 Å². The first-order valence-electron chi connectivity index (χ1n) is 8.30. The molecule has 1 aliphatic heterocycles. The number of hydrogen-bond donors (Lipinski definition) is 1. The minimum Gasteiger partial charge on any atom is -0.302 e. The fourth-order valence-electron chi connectivity index (χ4n) is 2.97. The second kappa shape index (κ2) is 8.05. The van der Waals surface area contributed by atoms with Gasteiger partial charge < -0.3 is 5.32 Å². The van der Waals surface area contributed by atoms with Gasteiger partial charge >= 0.3 is 0 Å². The summed E-state index contributed by atoms with van der Waals surface area (Å²) in [5, 5.41) is 3.17. The highest BCUT2D eigenvalue weighted by molar-refractivity contribution is 7.91. The van der Waals surface area contributed by atoms with E-state index in [1.165, 1.54) is 17.4 Å². The van der Waals surface area contributed by atoms with Gasteiger partial charge in [-0.2, -0.15) is 4.31 Å². The van der Waals surface area contributed by atoms with E-state index in [0.29, 0.717) is 30.0 Å². The number of ketones is 1. The maximum atomic E-state index is 12.9. The lowest BCUT2D eigenvalue weighted by Gasteiger charge is -2.30. The fraction of sp³-hybridized carbons (Fsp3) is 0.353. The molecule has 2 aromatic rings. The van der Waals surface area contributed by atoms with Crippen LogP contribution in [0, 0.1) is 5.92 Å². The van der Waals surface area contributed by atoms with Crippen molar-refractivity contribution in [1.29, 1.82) is 0 Å². The molecule has 3 rings (SSSR count). The Morgan fingerprint density at radius 2 is 2.15 bits per heavy atom. The van der Waals surface area contributed by atoms with E-state index in [0.717, 1.165) is 11.3 Å². The number of thiazole rings is 1. The van der Waals surface area contributed by atoms with Gasteiger partial charge in [0.15, 0.2) is 15.1 Å². The first-order valence-corrected chi connectivity index (χ1v) is 10.9. The van der Waals surface area contributed by atoms with Gasteiger partial charge in [-0.3, -0.25) is 9.59 Å². The molecular weight excluding hydrogens is 410 g/mol. The number of halogens is 1. The average molecular weight is 428 g/mol. The number of Topliss-reactive ketones (excluding diaryl/α,β-unsaturated/α-hetero) is 1. The van der Waals surface area contributed by atoms with Crippen molar-refractivity contribution in [3.63, 3.8) is 0 Å². The highest BCUT2D eigenvalue weighted by atomic mass is 35.5. The van der Waals surface area contributed by atoms with Crippen LogP contribution in [0.4, 0.5) is 5.13 Å². The van der Waals surface area contributed by atoms with E-state index in [-0.39, 0.29) is 27.6 Å². The number of carbonyl (C=O) groups excluding carboxylic acids is 2. The number of amides is 1. The fourth-order valence-corrected chi connectivity index (χ4v) is 5.91. The zero-order valence-electron chi connectivity index (χ0n) is 14.5. The second-order valence-corrected chi connectivity index (χ2v) is 9.87. The van der Waals surface area contributed by atoms with E-state index < -0.39 is 15.9 Å². The van der Waals surface area contributed by atoms with E-state index >= 15 is 0 Å². The van der Waals surface area contributed by atoms with E-state index in [1.807, 2.05) is 0 Å². The Morgan fingerprint density at radius 1 is 1.37 bits per heavy atom. The Morgan fingerprint density at radius 3 is 2.85 bits per heavy atom. The first kappa shape index (κ1) is 19.9. The number of anilines is 1. The monoisotopic (exact) mass is 427 g/mol. The van der Waals surface area contributed by atoms with Crippen LogP contribution in [0.3, 0.4) is 0 Å². The van der Waals surface area contributed by atoms with Crippen LogP contribution < -0.4 is 5.32 Å². The Labute approximate surface area is 166 Å². The van der Waals surface area contributed by atoms with E-state index in [2.05, 4.69) is 10.3 Å². The van der Waals surface area contributed by atoms with Gasteiger partial charge in [-0.25, -0.2) is 13.4 Å². The zero-order chi connectivity index (χ0) is 19.6. The Hall–Kier alpha value is -1.81. The van der Waals surface area contributed by atoms with Crippen molar-refractivity contribution in [3.8, 4) is 0 Å². The van der Waals surface area contributed by atoms with Gasteiger partial charge in [0.05, 0.1) is 6.20 Å². The summed E-state index contributed by atoms with van der Waals surface area (Å²) in [5.41, 5.74) is 0.484. The molecule has 10 heteroatoms. The van der Waals surface area contributed by atoms with Gasteiger partial charge in [0.1, 0.15) is 0 Å². The minimum atomic E-state index is -3.77. The number of aromatic nitrogens is 1. The molecule has 1 aliphatic rings. The number of benzene rings is 1. The van der Waals surface area contributed by atoms with Gasteiger partial charge in [-0.1, -0.05) is 35.1 Å². The summed E-state index contributed by atoms with van der Waals surface area (Å²) in [5.74, 6) is -0.853. The number of carbonyl (C=O) groups is 2.